The van der Waals surface area contributed by atoms with Crippen molar-refractivity contribution in [2.75, 3.05) is 0 Å². The van der Waals surface area contributed by atoms with Gasteiger partial charge in [-0.1, -0.05) is 24.3 Å². The zero-order valence-corrected chi connectivity index (χ0v) is 13.1. The predicted octanol–water partition coefficient (Wildman–Crippen LogP) is 2.31. The van der Waals surface area contributed by atoms with Gasteiger partial charge in [0.2, 0.25) is 5.91 Å². The van der Waals surface area contributed by atoms with Crippen LogP contribution in [0.15, 0.2) is 24.3 Å². The van der Waals surface area contributed by atoms with Crippen LogP contribution < -0.4 is 11.1 Å². The SMILES string of the molecule is C1=C[C@H]2CC[C@@H]1C2.NC(=O)C1C(NC(=O)C(F)(F)F)[C@H]2C=C[C@@H]1C2. The van der Waals surface area contributed by atoms with Crippen molar-refractivity contribution in [2.45, 2.75) is 37.9 Å². The quantitative estimate of drug-likeness (QED) is 0.756. The van der Waals surface area contributed by atoms with E-state index in [4.69, 9.17) is 5.73 Å². The zero-order valence-electron chi connectivity index (χ0n) is 13.1. The first-order chi connectivity index (χ1) is 11.3. The standard InChI is InChI=1S/C10H11F3N2O2.C7H10/c11-10(12,13)9(17)15-7-5-2-1-4(3-5)6(7)8(14)16;1-2-7-4-3-6(1)5-7/h1-2,4-7H,3H2,(H2,14,16)(H,15,17);1-2,6-7H,3-5H2/t4-,5+,6?,7?;6-,7+/m1./s1. The fraction of sp³-hybridized carbons (Fsp3) is 0.647. The Morgan fingerprint density at radius 1 is 0.958 bits per heavy atom. The first-order valence-electron chi connectivity index (χ1n) is 8.29. The van der Waals surface area contributed by atoms with E-state index in [1.54, 1.807) is 12.2 Å². The number of nitrogens with one attached hydrogen (secondary N) is 1. The number of halogens is 3. The van der Waals surface area contributed by atoms with Gasteiger partial charge in [0.15, 0.2) is 0 Å². The van der Waals surface area contributed by atoms with Gasteiger partial charge in [-0.25, -0.2) is 0 Å². The van der Waals surface area contributed by atoms with Gasteiger partial charge in [-0.3, -0.25) is 9.59 Å². The van der Waals surface area contributed by atoms with Gasteiger partial charge in [0, 0.05) is 6.04 Å². The molecule has 2 saturated carbocycles. The molecule has 0 saturated heterocycles. The lowest BCUT2D eigenvalue weighted by molar-refractivity contribution is -0.175. The number of fused-ring (bicyclic) bond motifs is 4. The third-order valence-electron chi connectivity index (χ3n) is 5.51. The lowest BCUT2D eigenvalue weighted by Crippen LogP contribution is -2.51. The van der Waals surface area contributed by atoms with Crippen LogP contribution in [0.2, 0.25) is 0 Å². The van der Waals surface area contributed by atoms with Gasteiger partial charge in [-0.15, -0.1) is 0 Å². The predicted molar refractivity (Wildman–Crippen MR) is 81.4 cm³/mol. The lowest BCUT2D eigenvalue weighted by Gasteiger charge is -2.26. The minimum Gasteiger partial charge on any atom is -0.369 e. The smallest absolute Gasteiger partial charge is 0.369 e. The number of carbonyl (C=O) groups is 2. The van der Waals surface area contributed by atoms with Gasteiger partial charge >= 0.3 is 12.1 Å². The number of alkyl halides is 3. The van der Waals surface area contributed by atoms with Crippen LogP contribution in [-0.2, 0) is 9.59 Å². The molecule has 4 bridgehead atoms. The van der Waals surface area contributed by atoms with Crippen LogP contribution in [0.3, 0.4) is 0 Å². The molecule has 2 unspecified atom stereocenters. The van der Waals surface area contributed by atoms with Gasteiger partial charge in [0.1, 0.15) is 0 Å². The molecule has 4 aliphatic rings. The number of carbonyl (C=O) groups excluding carboxylic acids is 2. The maximum atomic E-state index is 12.1. The molecule has 4 nitrogen and oxygen atoms in total. The molecule has 0 aromatic heterocycles. The summed E-state index contributed by atoms with van der Waals surface area (Å²) in [5.74, 6) is -1.84. The molecule has 3 N–H and O–H groups in total. The number of allylic oxidation sites excluding steroid dienone is 3. The summed E-state index contributed by atoms with van der Waals surface area (Å²) < 4.78 is 36.4. The summed E-state index contributed by atoms with van der Waals surface area (Å²) >= 11 is 0. The van der Waals surface area contributed by atoms with E-state index in [-0.39, 0.29) is 11.8 Å². The van der Waals surface area contributed by atoms with Crippen molar-refractivity contribution >= 4 is 11.8 Å². The second-order valence-corrected chi connectivity index (χ2v) is 7.09. The largest absolute Gasteiger partial charge is 0.471 e. The first kappa shape index (κ1) is 17.0. The highest BCUT2D eigenvalue weighted by atomic mass is 19.4. The Bertz CT molecular complexity index is 573. The summed E-state index contributed by atoms with van der Waals surface area (Å²) in [7, 11) is 0. The molecule has 2 amide bonds. The molecule has 0 aromatic carbocycles. The second kappa shape index (κ2) is 6.26. The Kier molecular flexibility index (Phi) is 4.44. The first-order valence-corrected chi connectivity index (χ1v) is 8.29. The van der Waals surface area contributed by atoms with E-state index in [9.17, 15) is 22.8 Å². The van der Waals surface area contributed by atoms with E-state index in [0.29, 0.717) is 6.42 Å². The number of hydrogen-bond acceptors (Lipinski definition) is 2. The van der Waals surface area contributed by atoms with Crippen LogP contribution in [0.4, 0.5) is 13.2 Å². The molecule has 4 rings (SSSR count). The maximum Gasteiger partial charge on any atom is 0.471 e. The zero-order chi connectivity index (χ0) is 17.5. The van der Waals surface area contributed by atoms with Crippen LogP contribution in [0, 0.1) is 29.6 Å². The van der Waals surface area contributed by atoms with E-state index in [0.717, 1.165) is 11.8 Å². The Balaban J connectivity index is 0.000000198. The summed E-state index contributed by atoms with van der Waals surface area (Å²) in [6.45, 7) is 0. The number of rotatable bonds is 2. The molecule has 132 valence electrons. The van der Waals surface area contributed by atoms with Crippen molar-refractivity contribution in [3.05, 3.63) is 24.3 Å². The van der Waals surface area contributed by atoms with Gasteiger partial charge in [0.25, 0.3) is 0 Å². The molecule has 0 spiro atoms. The fourth-order valence-electron chi connectivity index (χ4n) is 4.36. The number of nitrogens with two attached hydrogens (primary N) is 1. The van der Waals surface area contributed by atoms with Gasteiger partial charge < -0.3 is 11.1 Å². The van der Waals surface area contributed by atoms with E-state index < -0.39 is 30.0 Å². The molecule has 7 heteroatoms. The Hall–Kier alpha value is -1.79. The molecule has 0 heterocycles. The van der Waals surface area contributed by atoms with Crippen molar-refractivity contribution in [1.82, 2.24) is 5.32 Å². The number of primary amides is 1. The third kappa shape index (κ3) is 3.35. The van der Waals surface area contributed by atoms with Crippen LogP contribution in [-0.4, -0.2) is 24.0 Å². The average Bonchev–Trinajstić information content (AvgIpc) is 3.27. The van der Waals surface area contributed by atoms with Gasteiger partial charge in [-0.2, -0.15) is 13.2 Å². The van der Waals surface area contributed by atoms with Gasteiger partial charge in [0.05, 0.1) is 5.92 Å². The summed E-state index contributed by atoms with van der Waals surface area (Å²) in [6.07, 6.45) is 8.32. The molecule has 0 aliphatic heterocycles. The highest BCUT2D eigenvalue weighted by Crippen LogP contribution is 2.43. The highest BCUT2D eigenvalue weighted by molar-refractivity contribution is 5.84. The Morgan fingerprint density at radius 3 is 1.96 bits per heavy atom. The summed E-state index contributed by atoms with van der Waals surface area (Å²) in [5.41, 5.74) is 5.15. The van der Waals surface area contributed by atoms with Crippen LogP contribution >= 0.6 is 0 Å². The molecule has 4 aliphatic carbocycles. The van der Waals surface area contributed by atoms with Gasteiger partial charge in [-0.05, 0) is 49.4 Å². The van der Waals surface area contributed by atoms with E-state index >= 15 is 0 Å². The normalized spacial score (nSPS) is 38.1. The molecular weight excluding hydrogens is 321 g/mol. The summed E-state index contributed by atoms with van der Waals surface area (Å²) in [4.78, 5) is 22.0. The van der Waals surface area contributed by atoms with Crippen LogP contribution in [0.25, 0.3) is 0 Å². The van der Waals surface area contributed by atoms with Crippen LogP contribution in [0.5, 0.6) is 0 Å². The fourth-order valence-corrected chi connectivity index (χ4v) is 4.36. The summed E-state index contributed by atoms with van der Waals surface area (Å²) in [6, 6.07) is -0.836. The van der Waals surface area contributed by atoms with Crippen molar-refractivity contribution < 1.29 is 22.8 Å². The van der Waals surface area contributed by atoms with Crippen molar-refractivity contribution in [1.29, 1.82) is 0 Å². The molecule has 2 fully saturated rings. The minimum absolute atomic E-state index is 0.156. The third-order valence-corrected chi connectivity index (χ3v) is 5.51. The summed E-state index contributed by atoms with van der Waals surface area (Å²) in [5, 5.41) is 1.87. The lowest BCUT2D eigenvalue weighted by atomic mass is 9.88. The van der Waals surface area contributed by atoms with Crippen molar-refractivity contribution in [3.8, 4) is 0 Å². The molecular formula is C17H21F3N2O2. The average molecular weight is 342 g/mol. The van der Waals surface area contributed by atoms with Crippen molar-refractivity contribution in [3.63, 3.8) is 0 Å². The van der Waals surface area contributed by atoms with E-state index in [1.165, 1.54) is 19.3 Å². The molecule has 24 heavy (non-hydrogen) atoms. The maximum absolute atomic E-state index is 12.1. The van der Waals surface area contributed by atoms with Crippen LogP contribution in [0.1, 0.15) is 25.7 Å². The Morgan fingerprint density at radius 2 is 1.54 bits per heavy atom. The van der Waals surface area contributed by atoms with E-state index in [1.807, 2.05) is 5.32 Å². The Labute approximate surface area is 138 Å². The second-order valence-electron chi connectivity index (χ2n) is 7.09. The molecule has 0 radical (unpaired) electrons. The molecule has 0 aromatic rings. The topological polar surface area (TPSA) is 72.2 Å². The highest BCUT2D eigenvalue weighted by Gasteiger charge is 2.50. The van der Waals surface area contributed by atoms with E-state index in [2.05, 4.69) is 12.2 Å². The minimum atomic E-state index is -4.94. The van der Waals surface area contributed by atoms with Crippen molar-refractivity contribution in [2.24, 2.45) is 35.3 Å². The number of hydrogen-bond donors (Lipinski definition) is 2. The monoisotopic (exact) mass is 342 g/mol. The number of amides is 2. The molecule has 6 atom stereocenters.